The van der Waals surface area contributed by atoms with Crippen LogP contribution in [0.2, 0.25) is 0 Å². The topological polar surface area (TPSA) is 42.7 Å². The molecule has 1 aromatic rings. The number of hydrogen-bond acceptors (Lipinski definition) is 3. The molecule has 1 saturated carbocycles. The van der Waals surface area contributed by atoms with Crippen LogP contribution in [0.3, 0.4) is 0 Å². The van der Waals surface area contributed by atoms with E-state index >= 15 is 0 Å². The van der Waals surface area contributed by atoms with Gasteiger partial charge in [0.25, 0.3) is 0 Å². The molecule has 0 radical (unpaired) electrons. The van der Waals surface area contributed by atoms with Gasteiger partial charge in [0.2, 0.25) is 0 Å². The SMILES string of the molecule is CCCn1ncnc1CC(CNC1CC1)C(C)C. The van der Waals surface area contributed by atoms with E-state index in [1.54, 1.807) is 6.33 Å². The van der Waals surface area contributed by atoms with Gasteiger partial charge in [-0.1, -0.05) is 20.8 Å². The molecule has 1 aliphatic carbocycles. The average Bonchev–Trinajstić information content (AvgIpc) is 3.06. The maximum Gasteiger partial charge on any atom is 0.138 e. The Hall–Kier alpha value is -0.900. The van der Waals surface area contributed by atoms with Crippen LogP contribution < -0.4 is 5.32 Å². The molecule has 1 fully saturated rings. The highest BCUT2D eigenvalue weighted by Gasteiger charge is 2.24. The summed E-state index contributed by atoms with van der Waals surface area (Å²) in [6.07, 6.45) is 6.56. The first-order valence-electron chi connectivity index (χ1n) is 7.30. The lowest BCUT2D eigenvalue weighted by molar-refractivity contribution is 0.346. The molecule has 0 aliphatic heterocycles. The molecule has 102 valence electrons. The molecule has 18 heavy (non-hydrogen) atoms. The molecule has 0 bridgehead atoms. The molecule has 0 aromatic carbocycles. The molecule has 1 unspecified atom stereocenters. The van der Waals surface area contributed by atoms with Crippen molar-refractivity contribution in [3.05, 3.63) is 12.2 Å². The zero-order valence-corrected chi connectivity index (χ0v) is 11.9. The molecule has 2 rings (SSSR count). The van der Waals surface area contributed by atoms with Gasteiger partial charge in [-0.05, 0) is 37.6 Å². The summed E-state index contributed by atoms with van der Waals surface area (Å²) < 4.78 is 2.06. The van der Waals surface area contributed by atoms with Crippen molar-refractivity contribution in [2.45, 2.75) is 59.0 Å². The summed E-state index contributed by atoms with van der Waals surface area (Å²) in [5, 5.41) is 7.96. The van der Waals surface area contributed by atoms with Gasteiger partial charge in [0.1, 0.15) is 12.2 Å². The highest BCUT2D eigenvalue weighted by molar-refractivity contribution is 4.90. The first kappa shape index (κ1) is 13.5. The van der Waals surface area contributed by atoms with Crippen molar-refractivity contribution in [2.75, 3.05) is 6.54 Å². The van der Waals surface area contributed by atoms with Gasteiger partial charge < -0.3 is 5.32 Å². The molecule has 1 heterocycles. The van der Waals surface area contributed by atoms with Gasteiger partial charge in [0.15, 0.2) is 0 Å². The number of rotatable bonds is 8. The Morgan fingerprint density at radius 3 is 2.83 bits per heavy atom. The van der Waals surface area contributed by atoms with Gasteiger partial charge in [0, 0.05) is 19.0 Å². The van der Waals surface area contributed by atoms with Crippen LogP contribution in [0.5, 0.6) is 0 Å². The second-order valence-corrected chi connectivity index (χ2v) is 5.79. The van der Waals surface area contributed by atoms with Crippen molar-refractivity contribution in [3.8, 4) is 0 Å². The van der Waals surface area contributed by atoms with Crippen LogP contribution in [-0.2, 0) is 13.0 Å². The number of nitrogens with one attached hydrogen (secondary N) is 1. The molecule has 1 aliphatic rings. The molecule has 1 aromatic heterocycles. The van der Waals surface area contributed by atoms with Crippen LogP contribution in [0.15, 0.2) is 6.33 Å². The van der Waals surface area contributed by atoms with E-state index < -0.39 is 0 Å². The molecule has 1 N–H and O–H groups in total. The quantitative estimate of drug-likeness (QED) is 0.769. The fourth-order valence-electron chi connectivity index (χ4n) is 2.23. The Labute approximate surface area is 110 Å². The summed E-state index contributed by atoms with van der Waals surface area (Å²) in [6.45, 7) is 8.89. The molecule has 0 amide bonds. The minimum Gasteiger partial charge on any atom is -0.314 e. The van der Waals surface area contributed by atoms with Crippen molar-refractivity contribution in [3.63, 3.8) is 0 Å². The Balaban J connectivity index is 1.91. The third-order valence-electron chi connectivity index (χ3n) is 3.76. The molecule has 4 nitrogen and oxygen atoms in total. The standard InChI is InChI=1S/C14H26N4/c1-4-7-18-14(16-10-17-18)8-12(11(2)3)9-15-13-5-6-13/h10-13,15H,4-9H2,1-3H3. The fourth-order valence-corrected chi connectivity index (χ4v) is 2.23. The van der Waals surface area contributed by atoms with Gasteiger partial charge in [0.05, 0.1) is 0 Å². The van der Waals surface area contributed by atoms with Crippen molar-refractivity contribution in [1.82, 2.24) is 20.1 Å². The average molecular weight is 250 g/mol. The minimum atomic E-state index is 0.658. The molecular formula is C14H26N4. The molecule has 0 saturated heterocycles. The molecule has 0 spiro atoms. The van der Waals surface area contributed by atoms with Crippen molar-refractivity contribution < 1.29 is 0 Å². The van der Waals surface area contributed by atoms with E-state index in [0.29, 0.717) is 11.8 Å². The Morgan fingerprint density at radius 2 is 2.22 bits per heavy atom. The van der Waals surface area contributed by atoms with Crippen LogP contribution in [0.25, 0.3) is 0 Å². The predicted octanol–water partition coefficient (Wildman–Crippen LogP) is 2.25. The van der Waals surface area contributed by atoms with E-state index in [0.717, 1.165) is 37.8 Å². The van der Waals surface area contributed by atoms with Crippen LogP contribution in [0.1, 0.15) is 45.9 Å². The lowest BCUT2D eigenvalue weighted by Gasteiger charge is -2.21. The van der Waals surface area contributed by atoms with E-state index in [-0.39, 0.29) is 0 Å². The highest BCUT2D eigenvalue weighted by atomic mass is 15.3. The second-order valence-electron chi connectivity index (χ2n) is 5.79. The lowest BCUT2D eigenvalue weighted by Crippen LogP contribution is -2.30. The normalized spacial score (nSPS) is 17.3. The number of aryl methyl sites for hydroxylation is 1. The first-order chi connectivity index (χ1) is 8.70. The van der Waals surface area contributed by atoms with E-state index in [1.165, 1.54) is 12.8 Å². The van der Waals surface area contributed by atoms with Gasteiger partial charge >= 0.3 is 0 Å². The highest BCUT2D eigenvalue weighted by Crippen LogP contribution is 2.21. The van der Waals surface area contributed by atoms with Crippen LogP contribution in [-0.4, -0.2) is 27.4 Å². The molecular weight excluding hydrogens is 224 g/mol. The van der Waals surface area contributed by atoms with Crippen LogP contribution in [0, 0.1) is 11.8 Å². The van der Waals surface area contributed by atoms with Crippen molar-refractivity contribution in [1.29, 1.82) is 0 Å². The maximum absolute atomic E-state index is 4.42. The zero-order chi connectivity index (χ0) is 13.0. The number of nitrogens with zero attached hydrogens (tertiary/aromatic N) is 3. The zero-order valence-electron chi connectivity index (χ0n) is 11.9. The fraction of sp³-hybridized carbons (Fsp3) is 0.857. The Bertz CT molecular complexity index is 354. The Morgan fingerprint density at radius 1 is 1.44 bits per heavy atom. The van der Waals surface area contributed by atoms with Crippen LogP contribution >= 0.6 is 0 Å². The van der Waals surface area contributed by atoms with E-state index in [4.69, 9.17) is 0 Å². The Kier molecular flexibility index (Phi) is 4.75. The monoisotopic (exact) mass is 250 g/mol. The van der Waals surface area contributed by atoms with Crippen molar-refractivity contribution in [2.24, 2.45) is 11.8 Å². The molecule has 1 atom stereocenters. The van der Waals surface area contributed by atoms with Gasteiger partial charge in [-0.25, -0.2) is 4.98 Å². The third kappa shape index (κ3) is 3.80. The summed E-state index contributed by atoms with van der Waals surface area (Å²) in [5.41, 5.74) is 0. The molecule has 4 heteroatoms. The smallest absolute Gasteiger partial charge is 0.138 e. The van der Waals surface area contributed by atoms with Crippen molar-refractivity contribution >= 4 is 0 Å². The predicted molar refractivity (Wildman–Crippen MR) is 73.4 cm³/mol. The summed E-state index contributed by atoms with van der Waals surface area (Å²) in [4.78, 5) is 4.42. The van der Waals surface area contributed by atoms with Gasteiger partial charge in [-0.3, -0.25) is 4.68 Å². The largest absolute Gasteiger partial charge is 0.314 e. The third-order valence-corrected chi connectivity index (χ3v) is 3.76. The van der Waals surface area contributed by atoms with Gasteiger partial charge in [-0.2, -0.15) is 5.10 Å². The van der Waals surface area contributed by atoms with Gasteiger partial charge in [-0.15, -0.1) is 0 Å². The van der Waals surface area contributed by atoms with E-state index in [1.807, 2.05) is 0 Å². The van der Waals surface area contributed by atoms with Crippen LogP contribution in [0.4, 0.5) is 0 Å². The summed E-state index contributed by atoms with van der Waals surface area (Å²) in [5.74, 6) is 2.49. The second kappa shape index (κ2) is 6.32. The van der Waals surface area contributed by atoms with E-state index in [2.05, 4.69) is 40.9 Å². The summed E-state index contributed by atoms with van der Waals surface area (Å²) in [6, 6.07) is 0.791. The number of hydrogen-bond donors (Lipinski definition) is 1. The lowest BCUT2D eigenvalue weighted by atomic mass is 9.92. The maximum atomic E-state index is 4.42. The first-order valence-corrected chi connectivity index (χ1v) is 7.30. The number of aromatic nitrogens is 3. The summed E-state index contributed by atoms with van der Waals surface area (Å²) in [7, 11) is 0. The van der Waals surface area contributed by atoms with E-state index in [9.17, 15) is 0 Å². The summed E-state index contributed by atoms with van der Waals surface area (Å²) >= 11 is 0. The minimum absolute atomic E-state index is 0.658.